The van der Waals surface area contributed by atoms with Crippen molar-refractivity contribution in [3.05, 3.63) is 114 Å². The molecule has 206 valence electrons. The van der Waals surface area contributed by atoms with Crippen molar-refractivity contribution in [2.75, 3.05) is 12.4 Å². The van der Waals surface area contributed by atoms with Gasteiger partial charge in [-0.2, -0.15) is 0 Å². The van der Waals surface area contributed by atoms with Crippen LogP contribution in [-0.4, -0.2) is 32.6 Å². The first kappa shape index (κ1) is 28.3. The maximum absolute atomic E-state index is 13.5. The molecule has 4 rings (SSSR count). The Balaban J connectivity index is 1.52. The predicted molar refractivity (Wildman–Crippen MR) is 152 cm³/mol. The van der Waals surface area contributed by atoms with Gasteiger partial charge in [0, 0.05) is 12.2 Å². The van der Waals surface area contributed by atoms with Crippen LogP contribution in [-0.2, 0) is 21.4 Å². The van der Waals surface area contributed by atoms with Gasteiger partial charge in [-0.25, -0.2) is 17.9 Å². The van der Waals surface area contributed by atoms with E-state index in [1.807, 2.05) is 30.3 Å². The van der Waals surface area contributed by atoms with E-state index in [-0.39, 0.29) is 16.7 Å². The monoisotopic (exact) mass is 559 g/mol. The smallest absolute Gasteiger partial charge is 0.319 e. The normalized spacial score (nSPS) is 11.8. The number of sulfonamides is 1. The van der Waals surface area contributed by atoms with Crippen LogP contribution in [0.1, 0.15) is 23.6 Å². The second-order valence-electron chi connectivity index (χ2n) is 8.92. The lowest BCUT2D eigenvalue weighted by atomic mass is 10.1. The van der Waals surface area contributed by atoms with Crippen LogP contribution in [0.4, 0.5) is 10.5 Å². The summed E-state index contributed by atoms with van der Waals surface area (Å²) in [7, 11) is -2.82. The van der Waals surface area contributed by atoms with E-state index in [2.05, 4.69) is 15.4 Å². The van der Waals surface area contributed by atoms with Gasteiger partial charge in [0.1, 0.15) is 10.6 Å². The Morgan fingerprint density at radius 3 is 2.10 bits per heavy atom. The first-order chi connectivity index (χ1) is 19.2. The molecule has 4 aromatic rings. The number of hydrogen-bond acceptors (Lipinski definition) is 5. The van der Waals surface area contributed by atoms with Crippen LogP contribution in [0.15, 0.2) is 108 Å². The van der Waals surface area contributed by atoms with Crippen molar-refractivity contribution < 1.29 is 27.9 Å². The van der Waals surface area contributed by atoms with E-state index >= 15 is 0 Å². The summed E-state index contributed by atoms with van der Waals surface area (Å²) in [6.45, 7) is 0.388. The van der Waals surface area contributed by atoms with Crippen molar-refractivity contribution in [3.8, 4) is 16.9 Å². The molecule has 0 aliphatic heterocycles. The summed E-state index contributed by atoms with van der Waals surface area (Å²) in [5.41, 5.74) is 3.37. The van der Waals surface area contributed by atoms with Crippen molar-refractivity contribution in [3.63, 3.8) is 0 Å². The Hall–Kier alpha value is -4.67. The fourth-order valence-electron chi connectivity index (χ4n) is 4.10. The van der Waals surface area contributed by atoms with E-state index in [1.165, 1.54) is 13.2 Å². The molecule has 0 aromatic heterocycles. The minimum Gasteiger partial charge on any atom is -0.495 e. The number of rotatable bonds is 11. The molecule has 10 heteroatoms. The zero-order valence-corrected chi connectivity index (χ0v) is 22.5. The zero-order valence-electron chi connectivity index (χ0n) is 21.7. The summed E-state index contributed by atoms with van der Waals surface area (Å²) >= 11 is 0. The molecule has 9 nitrogen and oxygen atoms in total. The number of nitrogens with one attached hydrogen (secondary N) is 3. The van der Waals surface area contributed by atoms with Crippen molar-refractivity contribution in [2.45, 2.75) is 23.9 Å². The van der Waals surface area contributed by atoms with Crippen LogP contribution < -0.4 is 20.1 Å². The number of ether oxygens (including phenoxy) is 1. The Bertz CT molecular complexity index is 1560. The van der Waals surface area contributed by atoms with Gasteiger partial charge in [0.2, 0.25) is 10.0 Å². The van der Waals surface area contributed by atoms with Gasteiger partial charge in [-0.15, -0.1) is 0 Å². The third kappa shape index (κ3) is 7.46. The number of carbonyl (C=O) groups is 2. The number of hydrogen-bond donors (Lipinski definition) is 4. The first-order valence-corrected chi connectivity index (χ1v) is 13.9. The molecule has 0 heterocycles. The van der Waals surface area contributed by atoms with Gasteiger partial charge in [0.25, 0.3) is 0 Å². The minimum atomic E-state index is -4.18. The fraction of sp³-hybridized carbons (Fsp3) is 0.133. The van der Waals surface area contributed by atoms with E-state index < -0.39 is 28.5 Å². The lowest BCUT2D eigenvalue weighted by molar-refractivity contribution is -0.137. The number of carbonyl (C=O) groups excluding carboxylic acids is 1. The number of urea groups is 1. The van der Waals surface area contributed by atoms with E-state index in [0.29, 0.717) is 28.9 Å². The molecule has 0 spiro atoms. The maximum Gasteiger partial charge on any atom is 0.319 e. The molecule has 0 aliphatic carbocycles. The highest BCUT2D eigenvalue weighted by Crippen LogP contribution is 2.32. The van der Waals surface area contributed by atoms with E-state index in [1.54, 1.807) is 66.7 Å². The molecule has 1 unspecified atom stereocenters. The average molecular weight is 560 g/mol. The molecule has 0 fully saturated rings. The Kier molecular flexibility index (Phi) is 9.15. The highest BCUT2D eigenvalue weighted by molar-refractivity contribution is 7.89. The van der Waals surface area contributed by atoms with Gasteiger partial charge in [0.15, 0.2) is 0 Å². The molecule has 1 atom stereocenters. The topological polar surface area (TPSA) is 134 Å². The quantitative estimate of drug-likeness (QED) is 0.200. The van der Waals surface area contributed by atoms with E-state index in [9.17, 15) is 23.1 Å². The number of carboxylic acid groups (broad SMARTS) is 1. The number of carboxylic acids is 1. The average Bonchev–Trinajstić information content (AvgIpc) is 2.96. The summed E-state index contributed by atoms with van der Waals surface area (Å²) < 4.78 is 34.8. The molecule has 0 radical (unpaired) electrons. The zero-order chi connectivity index (χ0) is 28.5. The third-order valence-corrected chi connectivity index (χ3v) is 7.60. The van der Waals surface area contributed by atoms with Crippen molar-refractivity contribution in [1.29, 1.82) is 0 Å². The van der Waals surface area contributed by atoms with Crippen LogP contribution in [0.2, 0.25) is 0 Å². The second kappa shape index (κ2) is 12.9. The number of amides is 2. The van der Waals surface area contributed by atoms with Gasteiger partial charge in [0.05, 0.1) is 19.6 Å². The largest absolute Gasteiger partial charge is 0.495 e. The van der Waals surface area contributed by atoms with E-state index in [0.717, 1.165) is 5.56 Å². The second-order valence-corrected chi connectivity index (χ2v) is 10.6. The SMILES string of the molecule is COc1ccc(-c2ccc(NC(=O)NCc3ccccc3)cc2)cc1S(=O)(=O)NC(CC(=O)O)c1ccccc1. The van der Waals surface area contributed by atoms with Crippen LogP contribution in [0.3, 0.4) is 0 Å². The summed E-state index contributed by atoms with van der Waals surface area (Å²) in [4.78, 5) is 23.6. The molecule has 0 bridgehead atoms. The molecule has 4 N–H and O–H groups in total. The van der Waals surface area contributed by atoms with Crippen LogP contribution in [0.5, 0.6) is 5.75 Å². The van der Waals surface area contributed by atoms with Crippen LogP contribution in [0.25, 0.3) is 11.1 Å². The summed E-state index contributed by atoms with van der Waals surface area (Å²) in [6, 6.07) is 28.4. The third-order valence-electron chi connectivity index (χ3n) is 6.10. The summed E-state index contributed by atoms with van der Waals surface area (Å²) in [6.07, 6.45) is -0.432. The Morgan fingerprint density at radius 2 is 1.48 bits per heavy atom. The summed E-state index contributed by atoms with van der Waals surface area (Å²) in [5.74, 6) is -1.02. The van der Waals surface area contributed by atoms with Crippen molar-refractivity contribution in [1.82, 2.24) is 10.0 Å². The van der Waals surface area contributed by atoms with Gasteiger partial charge in [-0.3, -0.25) is 4.79 Å². The molecule has 0 saturated heterocycles. The molecular formula is C30H29N3O6S. The van der Waals surface area contributed by atoms with Gasteiger partial charge in [-0.1, -0.05) is 78.9 Å². The van der Waals surface area contributed by atoms with E-state index in [4.69, 9.17) is 4.74 Å². The van der Waals surface area contributed by atoms with Crippen molar-refractivity contribution >= 4 is 27.7 Å². The molecule has 4 aromatic carbocycles. The lowest BCUT2D eigenvalue weighted by Crippen LogP contribution is -2.30. The van der Waals surface area contributed by atoms with Gasteiger partial charge in [-0.05, 0) is 46.5 Å². The van der Waals surface area contributed by atoms with Crippen LogP contribution in [0, 0.1) is 0 Å². The Morgan fingerprint density at radius 1 is 0.850 bits per heavy atom. The molecule has 0 aliphatic rings. The maximum atomic E-state index is 13.5. The van der Waals surface area contributed by atoms with Crippen LogP contribution >= 0.6 is 0 Å². The molecule has 40 heavy (non-hydrogen) atoms. The van der Waals surface area contributed by atoms with Crippen molar-refractivity contribution in [2.24, 2.45) is 0 Å². The number of aliphatic carboxylic acids is 1. The number of anilines is 1. The van der Waals surface area contributed by atoms with Gasteiger partial charge >= 0.3 is 12.0 Å². The molecule has 0 saturated carbocycles. The standard InChI is InChI=1S/C30H29N3O6S/c1-39-27-17-14-24(18-28(27)40(37,38)33-26(19-29(34)35)23-10-6-3-7-11-23)22-12-15-25(16-13-22)32-30(36)31-20-21-8-4-2-5-9-21/h2-18,26,33H,19-20H2,1H3,(H,34,35)(H2,31,32,36). The lowest BCUT2D eigenvalue weighted by Gasteiger charge is -2.19. The Labute approximate surface area is 232 Å². The minimum absolute atomic E-state index is 0.117. The van der Waals surface area contributed by atoms with Gasteiger partial charge < -0.3 is 20.5 Å². The predicted octanol–water partition coefficient (Wildman–Crippen LogP) is 5.18. The summed E-state index contributed by atoms with van der Waals surface area (Å²) in [5, 5.41) is 14.9. The first-order valence-electron chi connectivity index (χ1n) is 12.4. The number of benzene rings is 4. The molecular weight excluding hydrogens is 530 g/mol. The highest BCUT2D eigenvalue weighted by Gasteiger charge is 2.26. The fourth-order valence-corrected chi connectivity index (χ4v) is 5.52. The number of methoxy groups -OCH3 is 1. The highest BCUT2D eigenvalue weighted by atomic mass is 32.2. The molecule has 2 amide bonds.